The van der Waals surface area contributed by atoms with Crippen molar-refractivity contribution in [2.45, 2.75) is 13.1 Å². The summed E-state index contributed by atoms with van der Waals surface area (Å²) in [5.74, 6) is 0.551. The third-order valence-corrected chi connectivity index (χ3v) is 4.34. The first-order valence-electron chi connectivity index (χ1n) is 7.92. The second-order valence-corrected chi connectivity index (χ2v) is 6.52. The molecule has 7 nitrogen and oxygen atoms in total. The van der Waals surface area contributed by atoms with Crippen molar-refractivity contribution in [1.82, 2.24) is 20.3 Å². The number of carbonyl (C=O) groups excluding carboxylic acids is 1. The monoisotopic (exact) mass is 415 g/mol. The van der Waals surface area contributed by atoms with Gasteiger partial charge >= 0.3 is 0 Å². The highest BCUT2D eigenvalue weighted by molar-refractivity contribution is 9.10. The van der Waals surface area contributed by atoms with Gasteiger partial charge in [0.15, 0.2) is 11.5 Å². The fourth-order valence-electron chi connectivity index (χ4n) is 2.52. The van der Waals surface area contributed by atoms with Crippen LogP contribution in [0.15, 0.2) is 53.0 Å². The summed E-state index contributed by atoms with van der Waals surface area (Å²) in [5, 5.41) is 10.7. The van der Waals surface area contributed by atoms with E-state index in [1.807, 2.05) is 48.5 Å². The van der Waals surface area contributed by atoms with E-state index in [9.17, 15) is 4.79 Å². The molecule has 0 radical (unpaired) electrons. The van der Waals surface area contributed by atoms with Crippen LogP contribution in [0.2, 0.25) is 0 Å². The Balaban J connectivity index is 1.69. The summed E-state index contributed by atoms with van der Waals surface area (Å²) in [5.41, 5.74) is 8.02. The molecule has 0 unspecified atom stereocenters. The van der Waals surface area contributed by atoms with Crippen LogP contribution in [0.4, 0.5) is 5.82 Å². The van der Waals surface area contributed by atoms with Gasteiger partial charge in [-0.3, -0.25) is 4.79 Å². The van der Waals surface area contributed by atoms with Gasteiger partial charge in [0, 0.05) is 16.6 Å². The number of nitrogens with one attached hydrogen (secondary N) is 1. The molecular formula is C18H18BrN5O2. The summed E-state index contributed by atoms with van der Waals surface area (Å²) in [6.45, 7) is 0.735. The van der Waals surface area contributed by atoms with Gasteiger partial charge in [0.05, 0.1) is 13.7 Å². The number of benzene rings is 2. The molecule has 1 amide bonds. The zero-order chi connectivity index (χ0) is 18.5. The molecule has 0 spiro atoms. The second-order valence-electron chi connectivity index (χ2n) is 5.61. The molecule has 26 heavy (non-hydrogen) atoms. The van der Waals surface area contributed by atoms with Crippen LogP contribution < -0.4 is 15.8 Å². The Morgan fingerprint density at radius 1 is 1.27 bits per heavy atom. The number of nitrogens with two attached hydrogens (primary N) is 1. The fraction of sp³-hybridized carbons (Fsp3) is 0.167. The largest absolute Gasteiger partial charge is 0.496 e. The quantitative estimate of drug-likeness (QED) is 0.644. The molecule has 0 saturated heterocycles. The van der Waals surface area contributed by atoms with Crippen molar-refractivity contribution in [3.8, 4) is 5.75 Å². The molecule has 1 heterocycles. The average molecular weight is 416 g/mol. The molecule has 0 aliphatic heterocycles. The highest BCUT2D eigenvalue weighted by Gasteiger charge is 2.18. The minimum atomic E-state index is -0.381. The number of anilines is 1. The van der Waals surface area contributed by atoms with Crippen molar-refractivity contribution in [3.63, 3.8) is 0 Å². The Kier molecular flexibility index (Phi) is 5.52. The summed E-state index contributed by atoms with van der Waals surface area (Å²) in [6, 6.07) is 15.2. The normalized spacial score (nSPS) is 10.5. The van der Waals surface area contributed by atoms with Crippen LogP contribution in [-0.2, 0) is 13.1 Å². The van der Waals surface area contributed by atoms with E-state index < -0.39 is 0 Å². The first-order chi connectivity index (χ1) is 12.6. The van der Waals surface area contributed by atoms with Crippen LogP contribution in [0.3, 0.4) is 0 Å². The number of nitrogen functional groups attached to an aromatic ring is 1. The third-order valence-electron chi connectivity index (χ3n) is 3.84. The lowest BCUT2D eigenvalue weighted by atomic mass is 10.2. The third kappa shape index (κ3) is 4.02. The lowest BCUT2D eigenvalue weighted by molar-refractivity contribution is 0.0946. The number of para-hydroxylation sites is 1. The molecule has 8 heteroatoms. The average Bonchev–Trinajstić information content (AvgIpc) is 3.00. The minimum Gasteiger partial charge on any atom is -0.496 e. The van der Waals surface area contributed by atoms with Crippen LogP contribution in [0, 0.1) is 0 Å². The molecule has 0 saturated carbocycles. The van der Waals surface area contributed by atoms with Crippen LogP contribution in [0.1, 0.15) is 21.6 Å². The van der Waals surface area contributed by atoms with Gasteiger partial charge in [-0.2, -0.15) is 0 Å². The predicted molar refractivity (Wildman–Crippen MR) is 102 cm³/mol. The van der Waals surface area contributed by atoms with Crippen molar-refractivity contribution in [2.24, 2.45) is 0 Å². The van der Waals surface area contributed by atoms with Crippen molar-refractivity contribution in [1.29, 1.82) is 0 Å². The molecular weight excluding hydrogens is 398 g/mol. The van der Waals surface area contributed by atoms with E-state index >= 15 is 0 Å². The summed E-state index contributed by atoms with van der Waals surface area (Å²) in [6.07, 6.45) is 0. The molecule has 3 aromatic rings. The SMILES string of the molecule is COc1ccccc1CNC(=O)c1nnn(Cc2cccc(Br)c2)c1N. The Hall–Kier alpha value is -2.87. The van der Waals surface area contributed by atoms with Crippen LogP contribution in [0.25, 0.3) is 0 Å². The molecule has 3 rings (SSSR count). The van der Waals surface area contributed by atoms with E-state index in [1.165, 1.54) is 4.68 Å². The highest BCUT2D eigenvalue weighted by atomic mass is 79.9. The van der Waals surface area contributed by atoms with Gasteiger partial charge in [0.25, 0.3) is 5.91 Å². The van der Waals surface area contributed by atoms with Crippen molar-refractivity contribution >= 4 is 27.7 Å². The minimum absolute atomic E-state index is 0.106. The number of rotatable bonds is 6. The smallest absolute Gasteiger partial charge is 0.275 e. The van der Waals surface area contributed by atoms with E-state index in [0.717, 1.165) is 15.6 Å². The van der Waals surface area contributed by atoms with E-state index in [4.69, 9.17) is 10.5 Å². The van der Waals surface area contributed by atoms with E-state index in [1.54, 1.807) is 7.11 Å². The number of aromatic nitrogens is 3. The van der Waals surface area contributed by atoms with Gasteiger partial charge in [-0.25, -0.2) is 4.68 Å². The van der Waals surface area contributed by atoms with Crippen LogP contribution in [-0.4, -0.2) is 28.0 Å². The van der Waals surface area contributed by atoms with Gasteiger partial charge in [-0.15, -0.1) is 5.10 Å². The lowest BCUT2D eigenvalue weighted by Gasteiger charge is -2.09. The Labute approximate surface area is 159 Å². The maximum atomic E-state index is 12.4. The Morgan fingerprint density at radius 2 is 2.08 bits per heavy atom. The van der Waals surface area contributed by atoms with Crippen molar-refractivity contribution in [2.75, 3.05) is 12.8 Å². The molecule has 3 N–H and O–H groups in total. The first-order valence-corrected chi connectivity index (χ1v) is 8.71. The number of carbonyl (C=O) groups is 1. The van der Waals surface area contributed by atoms with E-state index in [2.05, 4.69) is 31.6 Å². The number of methoxy groups -OCH3 is 1. The van der Waals surface area contributed by atoms with Crippen molar-refractivity contribution < 1.29 is 9.53 Å². The summed E-state index contributed by atoms with van der Waals surface area (Å²) < 4.78 is 7.74. The molecule has 0 fully saturated rings. The number of ether oxygens (including phenoxy) is 1. The number of halogens is 1. The van der Waals surface area contributed by atoms with Crippen molar-refractivity contribution in [3.05, 3.63) is 69.8 Å². The number of hydrogen-bond donors (Lipinski definition) is 2. The van der Waals surface area contributed by atoms with E-state index in [-0.39, 0.29) is 17.4 Å². The molecule has 2 aromatic carbocycles. The predicted octanol–water partition coefficient (Wildman–Crippen LogP) is 2.61. The second kappa shape index (κ2) is 8.01. The molecule has 0 atom stereocenters. The Morgan fingerprint density at radius 3 is 2.85 bits per heavy atom. The lowest BCUT2D eigenvalue weighted by Crippen LogP contribution is -2.24. The zero-order valence-electron chi connectivity index (χ0n) is 14.1. The molecule has 0 bridgehead atoms. The molecule has 0 aliphatic rings. The zero-order valence-corrected chi connectivity index (χ0v) is 15.7. The molecule has 134 valence electrons. The van der Waals surface area contributed by atoms with Crippen LogP contribution in [0.5, 0.6) is 5.75 Å². The standard InChI is InChI=1S/C18H18BrN5O2/c1-26-15-8-3-2-6-13(15)10-21-18(25)16-17(20)24(23-22-16)11-12-5-4-7-14(19)9-12/h2-9H,10-11,20H2,1H3,(H,21,25). The summed E-state index contributed by atoms with van der Waals surface area (Å²) in [4.78, 5) is 12.4. The van der Waals surface area contributed by atoms with Gasteiger partial charge in [0.2, 0.25) is 0 Å². The van der Waals surface area contributed by atoms with Crippen LogP contribution >= 0.6 is 15.9 Å². The van der Waals surface area contributed by atoms with Gasteiger partial charge < -0.3 is 15.8 Å². The van der Waals surface area contributed by atoms with Gasteiger partial charge in [-0.1, -0.05) is 51.5 Å². The maximum Gasteiger partial charge on any atom is 0.275 e. The number of amides is 1. The molecule has 1 aromatic heterocycles. The molecule has 0 aliphatic carbocycles. The van der Waals surface area contributed by atoms with Gasteiger partial charge in [-0.05, 0) is 23.8 Å². The topological polar surface area (TPSA) is 95.1 Å². The first kappa shape index (κ1) is 17.9. The maximum absolute atomic E-state index is 12.4. The summed E-state index contributed by atoms with van der Waals surface area (Å²) in [7, 11) is 1.59. The fourth-order valence-corrected chi connectivity index (χ4v) is 2.96. The summed E-state index contributed by atoms with van der Waals surface area (Å²) >= 11 is 3.43. The van der Waals surface area contributed by atoms with E-state index in [0.29, 0.717) is 18.8 Å². The Bertz CT molecular complexity index is 925. The number of hydrogen-bond acceptors (Lipinski definition) is 5. The highest BCUT2D eigenvalue weighted by Crippen LogP contribution is 2.18. The van der Waals surface area contributed by atoms with Gasteiger partial charge in [0.1, 0.15) is 5.75 Å². The number of nitrogens with zero attached hydrogens (tertiary/aromatic N) is 3.